The largest absolute Gasteiger partial charge is 0.491 e. The molecule has 1 fully saturated rings. The Hall–Kier alpha value is -2.94. The Kier molecular flexibility index (Phi) is 6.69. The number of carbonyl (C=O) groups excluding carboxylic acids is 1. The highest BCUT2D eigenvalue weighted by atomic mass is 19.4. The Morgan fingerprint density at radius 2 is 1.82 bits per heavy atom. The zero-order valence-electron chi connectivity index (χ0n) is 18.9. The molecule has 178 valence electrons. The van der Waals surface area contributed by atoms with Crippen molar-refractivity contribution < 1.29 is 22.7 Å². The first-order valence-corrected chi connectivity index (χ1v) is 11.1. The number of nitrogens with one attached hydrogen (secondary N) is 1. The fraction of sp³-hybridized carbons (Fsp3) is 0.458. The Bertz CT molecular complexity index is 973. The van der Waals surface area contributed by atoms with Crippen LogP contribution in [0.2, 0.25) is 0 Å². The molecular weight excluding hydrogens is 433 g/mol. The number of ether oxygens (including phenoxy) is 1. The van der Waals surface area contributed by atoms with Gasteiger partial charge < -0.3 is 24.8 Å². The molecule has 9 heteroatoms. The summed E-state index contributed by atoms with van der Waals surface area (Å²) in [5, 5.41) is 3.01. The number of halogens is 3. The third kappa shape index (κ3) is 5.52. The molecule has 2 aliphatic rings. The van der Waals surface area contributed by atoms with Crippen molar-refractivity contribution in [3.05, 3.63) is 59.2 Å². The molecular formula is C24H29F3N4O2. The van der Waals surface area contributed by atoms with Crippen LogP contribution in [0.5, 0.6) is 5.75 Å². The van der Waals surface area contributed by atoms with Gasteiger partial charge in [-0.05, 0) is 36.9 Å². The molecule has 0 spiro atoms. The molecule has 0 radical (unpaired) electrons. The SMILES string of the molecule is CN1CCN(c2cccc3c2C[C@H](NC(=O)N(C)Cc2ccc(C(F)(F)F)cc2)CO3)CC1. The number of likely N-dealkylation sites (N-methyl/N-ethyl adjacent to an activating group) is 1. The lowest BCUT2D eigenvalue weighted by molar-refractivity contribution is -0.137. The quantitative estimate of drug-likeness (QED) is 0.755. The maximum Gasteiger partial charge on any atom is 0.416 e. The average molecular weight is 463 g/mol. The average Bonchev–Trinajstić information content (AvgIpc) is 2.79. The third-order valence-electron chi connectivity index (χ3n) is 6.22. The van der Waals surface area contributed by atoms with E-state index in [0.29, 0.717) is 18.6 Å². The summed E-state index contributed by atoms with van der Waals surface area (Å²) in [6, 6.07) is 10.5. The zero-order chi connectivity index (χ0) is 23.6. The van der Waals surface area contributed by atoms with Gasteiger partial charge in [-0.25, -0.2) is 4.79 Å². The smallest absolute Gasteiger partial charge is 0.416 e. The molecule has 0 aliphatic carbocycles. The fourth-order valence-electron chi connectivity index (χ4n) is 4.26. The summed E-state index contributed by atoms with van der Waals surface area (Å²) >= 11 is 0. The summed E-state index contributed by atoms with van der Waals surface area (Å²) in [6.45, 7) is 4.47. The minimum absolute atomic E-state index is 0.186. The number of anilines is 1. The molecule has 2 aliphatic heterocycles. The minimum atomic E-state index is -4.37. The number of hydrogen-bond acceptors (Lipinski definition) is 4. The topological polar surface area (TPSA) is 48.0 Å². The van der Waals surface area contributed by atoms with Crippen molar-refractivity contribution in [3.63, 3.8) is 0 Å². The van der Waals surface area contributed by atoms with E-state index in [9.17, 15) is 18.0 Å². The number of piperazine rings is 1. The maximum absolute atomic E-state index is 12.7. The van der Waals surface area contributed by atoms with Crippen molar-refractivity contribution in [2.45, 2.75) is 25.2 Å². The monoisotopic (exact) mass is 462 g/mol. The van der Waals surface area contributed by atoms with Gasteiger partial charge in [-0.3, -0.25) is 0 Å². The van der Waals surface area contributed by atoms with Gasteiger partial charge >= 0.3 is 12.2 Å². The van der Waals surface area contributed by atoms with E-state index in [1.165, 1.54) is 17.0 Å². The van der Waals surface area contributed by atoms with Crippen LogP contribution in [0.25, 0.3) is 0 Å². The van der Waals surface area contributed by atoms with Gasteiger partial charge in [0.2, 0.25) is 0 Å². The van der Waals surface area contributed by atoms with Gasteiger partial charge in [-0.2, -0.15) is 13.2 Å². The van der Waals surface area contributed by atoms with Crippen LogP contribution in [0.15, 0.2) is 42.5 Å². The number of hydrogen-bond donors (Lipinski definition) is 1. The second-order valence-electron chi connectivity index (χ2n) is 8.76. The lowest BCUT2D eigenvalue weighted by Crippen LogP contribution is -2.48. The van der Waals surface area contributed by atoms with Gasteiger partial charge in [0, 0.05) is 57.4 Å². The first-order valence-electron chi connectivity index (χ1n) is 11.1. The van der Waals surface area contributed by atoms with Crippen LogP contribution in [0.1, 0.15) is 16.7 Å². The molecule has 1 atom stereocenters. The van der Waals surface area contributed by atoms with Crippen LogP contribution in [-0.4, -0.2) is 68.8 Å². The molecule has 2 aromatic carbocycles. The van der Waals surface area contributed by atoms with Crippen molar-refractivity contribution >= 4 is 11.7 Å². The molecule has 33 heavy (non-hydrogen) atoms. The predicted octanol–water partition coefficient (Wildman–Crippen LogP) is 3.60. The summed E-state index contributed by atoms with van der Waals surface area (Å²) in [7, 11) is 3.74. The highest BCUT2D eigenvalue weighted by molar-refractivity contribution is 5.74. The number of alkyl halides is 3. The Labute approximate surface area is 191 Å². The van der Waals surface area contributed by atoms with Gasteiger partial charge in [-0.15, -0.1) is 0 Å². The van der Waals surface area contributed by atoms with E-state index in [-0.39, 0.29) is 18.6 Å². The number of carbonyl (C=O) groups is 1. The summed E-state index contributed by atoms with van der Waals surface area (Å²) in [5.41, 5.74) is 2.18. The molecule has 1 N–H and O–H groups in total. The highest BCUT2D eigenvalue weighted by Gasteiger charge is 2.30. The van der Waals surface area contributed by atoms with Gasteiger partial charge in [0.1, 0.15) is 12.4 Å². The molecule has 1 saturated heterocycles. The van der Waals surface area contributed by atoms with E-state index in [1.807, 2.05) is 12.1 Å². The first-order chi connectivity index (χ1) is 15.7. The number of rotatable bonds is 4. The Balaban J connectivity index is 1.37. The van der Waals surface area contributed by atoms with E-state index >= 15 is 0 Å². The maximum atomic E-state index is 12.7. The molecule has 6 nitrogen and oxygen atoms in total. The van der Waals surface area contributed by atoms with Crippen molar-refractivity contribution in [1.29, 1.82) is 0 Å². The number of nitrogens with zero attached hydrogens (tertiary/aromatic N) is 3. The normalized spacial score (nSPS) is 18.9. The summed E-state index contributed by atoms with van der Waals surface area (Å²) in [6.07, 6.45) is -3.71. The zero-order valence-corrected chi connectivity index (χ0v) is 18.9. The molecule has 2 amide bonds. The second kappa shape index (κ2) is 9.51. The number of fused-ring (bicyclic) bond motifs is 1. The van der Waals surface area contributed by atoms with Crippen molar-refractivity contribution in [1.82, 2.24) is 15.1 Å². The van der Waals surface area contributed by atoms with Gasteiger partial charge in [0.15, 0.2) is 0 Å². The van der Waals surface area contributed by atoms with Crippen LogP contribution in [0, 0.1) is 0 Å². The molecule has 0 saturated carbocycles. The molecule has 2 heterocycles. The van der Waals surface area contributed by atoms with Gasteiger partial charge in [0.25, 0.3) is 0 Å². The Morgan fingerprint density at radius 1 is 1.12 bits per heavy atom. The van der Waals surface area contributed by atoms with Gasteiger partial charge in [-0.1, -0.05) is 18.2 Å². The van der Waals surface area contributed by atoms with Crippen LogP contribution < -0.4 is 15.0 Å². The van der Waals surface area contributed by atoms with E-state index in [2.05, 4.69) is 28.2 Å². The lowest BCUT2D eigenvalue weighted by Gasteiger charge is -2.37. The molecule has 2 aromatic rings. The second-order valence-corrected chi connectivity index (χ2v) is 8.76. The van der Waals surface area contributed by atoms with Crippen LogP contribution in [0.4, 0.5) is 23.7 Å². The first kappa shape index (κ1) is 23.2. The van der Waals surface area contributed by atoms with Crippen LogP contribution >= 0.6 is 0 Å². The molecule has 4 rings (SSSR count). The van der Waals surface area contributed by atoms with E-state index in [0.717, 1.165) is 55.3 Å². The van der Waals surface area contributed by atoms with E-state index in [4.69, 9.17) is 4.74 Å². The van der Waals surface area contributed by atoms with E-state index < -0.39 is 11.7 Å². The molecule has 0 bridgehead atoms. The minimum Gasteiger partial charge on any atom is -0.491 e. The van der Waals surface area contributed by atoms with Crippen molar-refractivity contribution in [2.75, 3.05) is 51.8 Å². The Morgan fingerprint density at radius 3 is 2.48 bits per heavy atom. The number of amides is 2. The van der Waals surface area contributed by atoms with Crippen molar-refractivity contribution in [2.24, 2.45) is 0 Å². The van der Waals surface area contributed by atoms with E-state index in [1.54, 1.807) is 7.05 Å². The third-order valence-corrected chi connectivity index (χ3v) is 6.22. The lowest BCUT2D eigenvalue weighted by atomic mass is 9.99. The molecule has 0 unspecified atom stereocenters. The molecule has 0 aromatic heterocycles. The van der Waals surface area contributed by atoms with Crippen LogP contribution in [-0.2, 0) is 19.1 Å². The van der Waals surface area contributed by atoms with Gasteiger partial charge in [0.05, 0.1) is 11.6 Å². The fourth-order valence-corrected chi connectivity index (χ4v) is 4.26. The van der Waals surface area contributed by atoms with Crippen molar-refractivity contribution in [3.8, 4) is 5.75 Å². The predicted molar refractivity (Wildman–Crippen MR) is 121 cm³/mol. The highest BCUT2D eigenvalue weighted by Crippen LogP contribution is 2.34. The summed E-state index contributed by atoms with van der Waals surface area (Å²) in [4.78, 5) is 18.9. The summed E-state index contributed by atoms with van der Waals surface area (Å²) < 4.78 is 44.2. The number of urea groups is 1. The standard InChI is InChI=1S/C24H29F3N4O2/c1-29-10-12-31(13-11-29)21-4-3-5-22-20(21)14-19(16-33-22)28-23(32)30(2)15-17-6-8-18(9-7-17)24(25,26)27/h3-9,19H,10-16H2,1-2H3,(H,28,32)/t19-/m0/s1. The number of benzene rings is 2. The van der Waals surface area contributed by atoms with Crippen LogP contribution in [0.3, 0.4) is 0 Å². The summed E-state index contributed by atoms with van der Waals surface area (Å²) in [5.74, 6) is 0.857.